The molecule has 136 valence electrons. The zero-order chi connectivity index (χ0) is 18.3. The van der Waals surface area contributed by atoms with Crippen molar-refractivity contribution < 1.29 is 24.3 Å². The topological polar surface area (TPSA) is 88.1 Å². The maximum atomic E-state index is 13.4. The standard InChI is InChI=1S/C19H20N2O5/c1-3-14(22)19-11-9-26-16(15(19)23)18(8-12(11)20-19)10-6-4-5-7-13(10)21(25-2)17(18)24/h4-8,11,15-16,20,23H,3,9H2,1-2H3. The summed E-state index contributed by atoms with van der Waals surface area (Å²) in [6, 6.07) is 7.33. The number of fused-ring (bicyclic) bond motifs is 2. The Morgan fingerprint density at radius 2 is 2.23 bits per heavy atom. The molecule has 1 aromatic rings. The first-order valence-electron chi connectivity index (χ1n) is 8.84. The first-order valence-corrected chi connectivity index (χ1v) is 8.84. The van der Waals surface area contributed by atoms with Gasteiger partial charge < -0.3 is 15.2 Å². The summed E-state index contributed by atoms with van der Waals surface area (Å²) >= 11 is 0. The highest BCUT2D eigenvalue weighted by Crippen LogP contribution is 2.57. The number of carbonyl (C=O) groups is 2. The largest absolute Gasteiger partial charge is 0.387 e. The lowest BCUT2D eigenvalue weighted by atomic mass is 9.64. The minimum absolute atomic E-state index is 0.0557. The van der Waals surface area contributed by atoms with Crippen molar-refractivity contribution in [1.82, 2.24) is 5.32 Å². The van der Waals surface area contributed by atoms with Crippen molar-refractivity contribution in [1.29, 1.82) is 0 Å². The highest BCUT2D eigenvalue weighted by atomic mass is 16.7. The van der Waals surface area contributed by atoms with Gasteiger partial charge in [-0.3, -0.25) is 14.4 Å². The summed E-state index contributed by atoms with van der Waals surface area (Å²) < 4.78 is 6.00. The van der Waals surface area contributed by atoms with E-state index < -0.39 is 23.2 Å². The average molecular weight is 356 g/mol. The van der Waals surface area contributed by atoms with Crippen LogP contribution >= 0.6 is 0 Å². The van der Waals surface area contributed by atoms with Crippen LogP contribution in [0.4, 0.5) is 5.69 Å². The molecule has 6 rings (SSSR count). The molecule has 0 aliphatic carbocycles. The molecule has 0 aromatic heterocycles. The molecule has 0 radical (unpaired) electrons. The van der Waals surface area contributed by atoms with Gasteiger partial charge in [0.2, 0.25) is 0 Å². The Hall–Kier alpha value is -2.22. The number of hydrogen-bond donors (Lipinski definition) is 2. The van der Waals surface area contributed by atoms with E-state index in [9.17, 15) is 14.7 Å². The predicted octanol–water partition coefficient (Wildman–Crippen LogP) is 0.427. The van der Waals surface area contributed by atoms with Crippen molar-refractivity contribution in [3.8, 4) is 0 Å². The molecular weight excluding hydrogens is 336 g/mol. The van der Waals surface area contributed by atoms with E-state index in [0.29, 0.717) is 18.7 Å². The van der Waals surface area contributed by atoms with E-state index >= 15 is 0 Å². The third-order valence-electron chi connectivity index (χ3n) is 6.38. The molecule has 1 spiro atoms. The number of aliphatic hydroxyl groups is 1. The smallest absolute Gasteiger partial charge is 0.268 e. The number of rotatable bonds is 3. The number of carbonyl (C=O) groups excluding carboxylic acids is 2. The van der Waals surface area contributed by atoms with Gasteiger partial charge in [-0.2, -0.15) is 5.06 Å². The highest BCUT2D eigenvalue weighted by molar-refractivity contribution is 6.09. The fraction of sp³-hybridized carbons (Fsp3) is 0.474. The minimum atomic E-state index is -1.21. The number of Topliss-reactive ketones (excluding diaryl/α,β-unsaturated/α-hetero) is 1. The van der Waals surface area contributed by atoms with Gasteiger partial charge in [-0.25, -0.2) is 0 Å². The number of para-hydroxylation sites is 1. The average Bonchev–Trinajstić information content (AvgIpc) is 2.73. The van der Waals surface area contributed by atoms with E-state index in [1.54, 1.807) is 13.0 Å². The van der Waals surface area contributed by atoms with Gasteiger partial charge in [0.25, 0.3) is 5.91 Å². The summed E-state index contributed by atoms with van der Waals surface area (Å²) in [6.45, 7) is 2.08. The van der Waals surface area contributed by atoms with E-state index in [0.717, 1.165) is 11.3 Å². The monoisotopic (exact) mass is 356 g/mol. The normalized spacial score (nSPS) is 39.2. The van der Waals surface area contributed by atoms with E-state index in [1.165, 1.54) is 12.2 Å². The van der Waals surface area contributed by atoms with Crippen LogP contribution in [0.15, 0.2) is 36.0 Å². The zero-order valence-corrected chi connectivity index (χ0v) is 14.6. The van der Waals surface area contributed by atoms with Crippen molar-refractivity contribution in [2.24, 2.45) is 5.92 Å². The molecule has 5 atom stereocenters. The fourth-order valence-electron chi connectivity index (χ4n) is 5.17. The van der Waals surface area contributed by atoms with Gasteiger partial charge in [-0.15, -0.1) is 0 Å². The van der Waals surface area contributed by atoms with E-state index in [2.05, 4.69) is 5.32 Å². The summed E-state index contributed by atoms with van der Waals surface area (Å²) in [6.07, 6.45) is 0.149. The second kappa shape index (κ2) is 4.94. The number of benzene rings is 1. The Morgan fingerprint density at radius 3 is 2.96 bits per heavy atom. The van der Waals surface area contributed by atoms with Gasteiger partial charge in [0.05, 0.1) is 25.3 Å². The number of nitrogens with one attached hydrogen (secondary N) is 1. The number of aliphatic hydroxyl groups excluding tert-OH is 1. The number of amides is 1. The second-order valence-electron chi connectivity index (χ2n) is 7.29. The van der Waals surface area contributed by atoms with Crippen molar-refractivity contribution >= 4 is 17.4 Å². The number of hydrogen-bond acceptors (Lipinski definition) is 6. The van der Waals surface area contributed by atoms with Crippen LogP contribution in [0.1, 0.15) is 18.9 Å². The maximum absolute atomic E-state index is 13.4. The highest BCUT2D eigenvalue weighted by Gasteiger charge is 2.73. The molecule has 5 heterocycles. The Balaban J connectivity index is 1.75. The molecular formula is C19H20N2O5. The molecule has 2 saturated heterocycles. The van der Waals surface area contributed by atoms with Gasteiger partial charge >= 0.3 is 0 Å². The Morgan fingerprint density at radius 1 is 1.46 bits per heavy atom. The van der Waals surface area contributed by atoms with E-state index in [-0.39, 0.29) is 17.6 Å². The summed E-state index contributed by atoms with van der Waals surface area (Å²) in [7, 11) is 1.44. The van der Waals surface area contributed by atoms with Crippen LogP contribution in [-0.2, 0) is 24.6 Å². The Kier molecular flexibility index (Phi) is 3.04. The van der Waals surface area contributed by atoms with Crippen LogP contribution in [0.25, 0.3) is 0 Å². The van der Waals surface area contributed by atoms with Gasteiger partial charge in [0, 0.05) is 17.7 Å². The molecule has 2 N–H and O–H groups in total. The molecule has 2 fully saturated rings. The van der Waals surface area contributed by atoms with Crippen LogP contribution in [0.2, 0.25) is 0 Å². The molecule has 5 aliphatic rings. The molecule has 4 bridgehead atoms. The number of anilines is 1. The molecule has 5 aliphatic heterocycles. The SMILES string of the molecule is CCC(=O)C12NC3=CC4(C(=O)N(OC)c5ccccc54)C(OCC31)C2O. The predicted molar refractivity (Wildman–Crippen MR) is 91.1 cm³/mol. The van der Waals surface area contributed by atoms with Crippen molar-refractivity contribution in [2.75, 3.05) is 18.8 Å². The van der Waals surface area contributed by atoms with Crippen LogP contribution in [-0.4, -0.2) is 48.3 Å². The van der Waals surface area contributed by atoms with Crippen LogP contribution in [0.3, 0.4) is 0 Å². The van der Waals surface area contributed by atoms with Gasteiger partial charge in [0.15, 0.2) is 5.78 Å². The van der Waals surface area contributed by atoms with Crippen LogP contribution in [0.5, 0.6) is 0 Å². The van der Waals surface area contributed by atoms with Crippen molar-refractivity contribution in [3.05, 3.63) is 41.6 Å². The van der Waals surface area contributed by atoms with Gasteiger partial charge in [-0.05, 0) is 12.1 Å². The third-order valence-corrected chi connectivity index (χ3v) is 6.38. The number of nitrogens with zero attached hydrogens (tertiary/aromatic N) is 1. The van der Waals surface area contributed by atoms with E-state index in [1.807, 2.05) is 24.3 Å². The van der Waals surface area contributed by atoms with Gasteiger partial charge in [-0.1, -0.05) is 25.1 Å². The van der Waals surface area contributed by atoms with Crippen LogP contribution in [0, 0.1) is 5.92 Å². The molecule has 1 amide bonds. The second-order valence-corrected chi connectivity index (χ2v) is 7.29. The van der Waals surface area contributed by atoms with Crippen LogP contribution < -0.4 is 10.4 Å². The third kappa shape index (κ3) is 1.48. The summed E-state index contributed by atoms with van der Waals surface area (Å²) in [5.41, 5.74) is -0.145. The molecule has 26 heavy (non-hydrogen) atoms. The molecule has 1 aromatic carbocycles. The number of hydroxylamine groups is 1. The Labute approximate surface area is 150 Å². The Bertz CT molecular complexity index is 867. The van der Waals surface area contributed by atoms with Gasteiger partial charge in [0.1, 0.15) is 23.2 Å². The minimum Gasteiger partial charge on any atom is -0.387 e. The molecule has 0 saturated carbocycles. The van der Waals surface area contributed by atoms with E-state index in [4.69, 9.17) is 9.57 Å². The number of ketones is 1. The lowest BCUT2D eigenvalue weighted by molar-refractivity contribution is -0.186. The molecule has 5 unspecified atom stereocenters. The first kappa shape index (κ1) is 16.0. The maximum Gasteiger partial charge on any atom is 0.268 e. The lowest BCUT2D eigenvalue weighted by Crippen LogP contribution is -2.78. The number of ether oxygens (including phenoxy) is 1. The summed E-state index contributed by atoms with van der Waals surface area (Å²) in [5, 5.41) is 15.6. The molecule has 7 nitrogen and oxygen atoms in total. The fourth-order valence-corrected chi connectivity index (χ4v) is 5.17. The van der Waals surface area contributed by atoms with Crippen molar-refractivity contribution in [3.63, 3.8) is 0 Å². The van der Waals surface area contributed by atoms with Crippen molar-refractivity contribution in [2.45, 2.75) is 36.5 Å². The quantitative estimate of drug-likeness (QED) is 0.817. The summed E-state index contributed by atoms with van der Waals surface area (Å²) in [5.74, 6) is -0.621. The lowest BCUT2D eigenvalue weighted by Gasteiger charge is -2.57. The first-order chi connectivity index (χ1) is 12.5. The summed E-state index contributed by atoms with van der Waals surface area (Å²) in [4.78, 5) is 31.5. The molecule has 7 heteroatoms. The zero-order valence-electron chi connectivity index (χ0n) is 14.6.